The summed E-state index contributed by atoms with van der Waals surface area (Å²) < 4.78 is 2.35. The van der Waals surface area contributed by atoms with Gasteiger partial charge in [0.15, 0.2) is 0 Å². The molecular formula is C14H20N2. The Bertz CT molecular complexity index is 483. The van der Waals surface area contributed by atoms with Crippen LogP contribution in [0.25, 0.3) is 10.9 Å². The topological polar surface area (TPSA) is 30.9 Å². The van der Waals surface area contributed by atoms with E-state index in [2.05, 4.69) is 42.8 Å². The molecule has 1 aromatic heterocycles. The van der Waals surface area contributed by atoms with Crippen LogP contribution in [-0.4, -0.2) is 11.1 Å². The Morgan fingerprint density at radius 3 is 2.62 bits per heavy atom. The van der Waals surface area contributed by atoms with Crippen molar-refractivity contribution in [2.75, 3.05) is 6.54 Å². The van der Waals surface area contributed by atoms with Crippen molar-refractivity contribution in [3.63, 3.8) is 0 Å². The van der Waals surface area contributed by atoms with E-state index < -0.39 is 0 Å². The maximum atomic E-state index is 5.66. The summed E-state index contributed by atoms with van der Waals surface area (Å²) in [6.07, 6.45) is 4.32. The molecule has 1 heterocycles. The molecule has 2 rings (SSSR count). The summed E-state index contributed by atoms with van der Waals surface area (Å²) in [4.78, 5) is 0. The molecule has 2 heteroatoms. The third kappa shape index (κ3) is 1.74. The van der Waals surface area contributed by atoms with Gasteiger partial charge >= 0.3 is 0 Å². The van der Waals surface area contributed by atoms with Crippen LogP contribution in [0.4, 0.5) is 0 Å². The van der Waals surface area contributed by atoms with Crippen molar-refractivity contribution in [3.8, 4) is 0 Å². The molecule has 2 nitrogen and oxygen atoms in total. The molecule has 0 radical (unpaired) electrons. The molecule has 0 bridgehead atoms. The fourth-order valence-corrected chi connectivity index (χ4v) is 2.40. The van der Waals surface area contributed by atoms with Gasteiger partial charge in [0.1, 0.15) is 0 Å². The van der Waals surface area contributed by atoms with Gasteiger partial charge in [-0.15, -0.1) is 0 Å². The first-order chi connectivity index (χ1) is 7.81. The summed E-state index contributed by atoms with van der Waals surface area (Å²) in [7, 11) is 0. The monoisotopic (exact) mass is 216 g/mol. The molecule has 1 aromatic carbocycles. The minimum atomic E-state index is 0.721. The molecule has 2 N–H and O–H groups in total. The normalized spacial score (nSPS) is 11.2. The van der Waals surface area contributed by atoms with E-state index in [9.17, 15) is 0 Å². The first-order valence-electron chi connectivity index (χ1n) is 6.11. The molecule has 0 aliphatic heterocycles. The Labute approximate surface area is 97.1 Å². The van der Waals surface area contributed by atoms with Gasteiger partial charge in [-0.3, -0.25) is 0 Å². The van der Waals surface area contributed by atoms with Gasteiger partial charge in [-0.1, -0.05) is 25.1 Å². The molecule has 2 aromatic rings. The minimum absolute atomic E-state index is 0.721. The fourth-order valence-electron chi connectivity index (χ4n) is 2.40. The zero-order valence-electron chi connectivity index (χ0n) is 10.2. The lowest BCUT2D eigenvalue weighted by molar-refractivity contribution is 0.786. The van der Waals surface area contributed by atoms with E-state index in [1.54, 1.807) is 0 Å². The van der Waals surface area contributed by atoms with Crippen LogP contribution in [0.15, 0.2) is 24.4 Å². The largest absolute Gasteiger partial charge is 0.347 e. The Balaban J connectivity index is 2.68. The molecule has 0 aliphatic carbocycles. The van der Waals surface area contributed by atoms with E-state index in [0.717, 1.165) is 25.9 Å². The summed E-state index contributed by atoms with van der Waals surface area (Å²) in [5.41, 5.74) is 9.88. The van der Waals surface area contributed by atoms with Crippen molar-refractivity contribution in [1.82, 2.24) is 4.57 Å². The van der Waals surface area contributed by atoms with Crippen molar-refractivity contribution in [1.29, 1.82) is 0 Å². The number of nitrogens with two attached hydrogens (primary N) is 1. The average molecular weight is 216 g/mol. The fraction of sp³-hybridized carbons (Fsp3) is 0.429. The summed E-state index contributed by atoms with van der Waals surface area (Å²) in [6, 6.07) is 6.59. The highest BCUT2D eigenvalue weighted by atomic mass is 14.9. The van der Waals surface area contributed by atoms with Crippen molar-refractivity contribution < 1.29 is 0 Å². The predicted octanol–water partition coefficient (Wildman–Crippen LogP) is 2.72. The summed E-state index contributed by atoms with van der Waals surface area (Å²) >= 11 is 0. The number of benzene rings is 1. The van der Waals surface area contributed by atoms with Gasteiger partial charge in [-0.05, 0) is 37.4 Å². The lowest BCUT2D eigenvalue weighted by Crippen LogP contribution is -2.02. The van der Waals surface area contributed by atoms with Crippen molar-refractivity contribution in [3.05, 3.63) is 35.5 Å². The lowest BCUT2D eigenvalue weighted by atomic mass is 10.1. The van der Waals surface area contributed by atoms with Gasteiger partial charge in [0.05, 0.1) is 5.52 Å². The number of para-hydroxylation sites is 1. The Hall–Kier alpha value is -1.28. The van der Waals surface area contributed by atoms with Gasteiger partial charge in [0, 0.05) is 18.1 Å². The predicted molar refractivity (Wildman–Crippen MR) is 69.7 cm³/mol. The van der Waals surface area contributed by atoms with E-state index in [-0.39, 0.29) is 0 Å². The highest BCUT2D eigenvalue weighted by molar-refractivity contribution is 5.87. The van der Waals surface area contributed by atoms with Crippen molar-refractivity contribution in [2.45, 2.75) is 33.2 Å². The Kier molecular flexibility index (Phi) is 3.30. The first kappa shape index (κ1) is 11.2. The second kappa shape index (κ2) is 4.71. The zero-order chi connectivity index (χ0) is 11.5. The van der Waals surface area contributed by atoms with E-state index >= 15 is 0 Å². The molecule has 0 spiro atoms. The molecule has 0 atom stereocenters. The van der Waals surface area contributed by atoms with Crippen LogP contribution in [0.1, 0.15) is 25.0 Å². The molecule has 0 saturated carbocycles. The number of hydrogen-bond acceptors (Lipinski definition) is 1. The van der Waals surface area contributed by atoms with Crippen LogP contribution in [-0.2, 0) is 19.4 Å². The van der Waals surface area contributed by atoms with Crippen LogP contribution < -0.4 is 5.73 Å². The Morgan fingerprint density at radius 2 is 2.00 bits per heavy atom. The maximum Gasteiger partial charge on any atom is 0.0515 e. The third-order valence-corrected chi connectivity index (χ3v) is 3.20. The van der Waals surface area contributed by atoms with E-state index in [1.165, 1.54) is 22.0 Å². The van der Waals surface area contributed by atoms with E-state index in [1.807, 2.05) is 0 Å². The van der Waals surface area contributed by atoms with E-state index in [4.69, 9.17) is 5.73 Å². The summed E-state index contributed by atoms with van der Waals surface area (Å²) in [5.74, 6) is 0. The standard InChI is InChI=1S/C14H20N2/c1-3-11-6-5-7-13-12(8-9-15)10-16(4-2)14(11)13/h5-7,10H,3-4,8-9,15H2,1-2H3. The molecule has 0 fully saturated rings. The highest BCUT2D eigenvalue weighted by Gasteiger charge is 2.09. The van der Waals surface area contributed by atoms with Crippen molar-refractivity contribution >= 4 is 10.9 Å². The number of hydrogen-bond donors (Lipinski definition) is 1. The SMILES string of the molecule is CCc1cccc2c(CCN)cn(CC)c12. The quantitative estimate of drug-likeness (QED) is 0.837. The highest BCUT2D eigenvalue weighted by Crippen LogP contribution is 2.25. The first-order valence-corrected chi connectivity index (χ1v) is 6.11. The maximum absolute atomic E-state index is 5.66. The molecule has 0 amide bonds. The molecule has 86 valence electrons. The molecule has 16 heavy (non-hydrogen) atoms. The van der Waals surface area contributed by atoms with Gasteiger partial charge in [-0.2, -0.15) is 0 Å². The molecule has 0 saturated heterocycles. The second-order valence-corrected chi connectivity index (χ2v) is 4.15. The Morgan fingerprint density at radius 1 is 1.19 bits per heavy atom. The van der Waals surface area contributed by atoms with Crippen LogP contribution in [0, 0.1) is 0 Å². The molecular weight excluding hydrogens is 196 g/mol. The van der Waals surface area contributed by atoms with Crippen LogP contribution in [0.5, 0.6) is 0 Å². The van der Waals surface area contributed by atoms with Crippen molar-refractivity contribution in [2.24, 2.45) is 5.73 Å². The van der Waals surface area contributed by atoms with Gasteiger partial charge < -0.3 is 10.3 Å². The van der Waals surface area contributed by atoms with Crippen LogP contribution in [0.3, 0.4) is 0 Å². The van der Waals surface area contributed by atoms with Crippen LogP contribution in [0.2, 0.25) is 0 Å². The summed E-state index contributed by atoms with van der Waals surface area (Å²) in [6.45, 7) is 6.15. The van der Waals surface area contributed by atoms with Crippen LogP contribution >= 0.6 is 0 Å². The number of fused-ring (bicyclic) bond motifs is 1. The van der Waals surface area contributed by atoms with Gasteiger partial charge in [0.2, 0.25) is 0 Å². The van der Waals surface area contributed by atoms with Gasteiger partial charge in [-0.25, -0.2) is 0 Å². The number of aryl methyl sites for hydroxylation is 2. The minimum Gasteiger partial charge on any atom is -0.347 e. The lowest BCUT2D eigenvalue weighted by Gasteiger charge is -2.05. The van der Waals surface area contributed by atoms with E-state index in [0.29, 0.717) is 0 Å². The average Bonchev–Trinajstić information content (AvgIpc) is 2.68. The zero-order valence-corrected chi connectivity index (χ0v) is 10.2. The molecule has 0 aliphatic rings. The second-order valence-electron chi connectivity index (χ2n) is 4.15. The van der Waals surface area contributed by atoms with Gasteiger partial charge in [0.25, 0.3) is 0 Å². The number of aromatic nitrogens is 1. The number of nitrogens with zero attached hydrogens (tertiary/aromatic N) is 1. The number of rotatable bonds is 4. The molecule has 0 unspecified atom stereocenters. The third-order valence-electron chi connectivity index (χ3n) is 3.20. The summed E-state index contributed by atoms with van der Waals surface area (Å²) in [5, 5.41) is 1.38. The smallest absolute Gasteiger partial charge is 0.0515 e.